The van der Waals surface area contributed by atoms with Crippen LogP contribution in [0, 0.1) is 13.8 Å². The van der Waals surface area contributed by atoms with Gasteiger partial charge < -0.3 is 10.6 Å². The molecule has 1 aromatic carbocycles. The topological polar surface area (TPSA) is 66.9 Å². The molecule has 1 aromatic heterocycles. The van der Waals surface area contributed by atoms with Gasteiger partial charge in [-0.1, -0.05) is 12.1 Å². The molecule has 1 heterocycles. The van der Waals surface area contributed by atoms with E-state index in [1.807, 2.05) is 45.0 Å². The number of rotatable bonds is 4. The molecule has 0 saturated heterocycles. The highest BCUT2D eigenvalue weighted by Crippen LogP contribution is 2.16. The standard InChI is InChI=1S/C16H20N4O/c1-10(2)17-16(21)14-9-15(19-12(4)18-14)20-13-7-5-6-11(3)8-13/h5-10H,1-4H3,(H,17,21)(H,18,19,20). The summed E-state index contributed by atoms with van der Waals surface area (Å²) in [4.78, 5) is 20.5. The van der Waals surface area contributed by atoms with E-state index in [4.69, 9.17) is 0 Å². The minimum atomic E-state index is -0.192. The van der Waals surface area contributed by atoms with E-state index in [1.54, 1.807) is 13.0 Å². The van der Waals surface area contributed by atoms with Crippen molar-refractivity contribution < 1.29 is 4.79 Å². The fraction of sp³-hybridized carbons (Fsp3) is 0.312. The second-order valence-electron chi connectivity index (χ2n) is 5.31. The average Bonchev–Trinajstić information content (AvgIpc) is 2.37. The van der Waals surface area contributed by atoms with Crippen molar-refractivity contribution >= 4 is 17.4 Å². The van der Waals surface area contributed by atoms with Crippen molar-refractivity contribution in [2.45, 2.75) is 33.7 Å². The van der Waals surface area contributed by atoms with Gasteiger partial charge in [0.25, 0.3) is 5.91 Å². The van der Waals surface area contributed by atoms with E-state index in [0.717, 1.165) is 11.3 Å². The Morgan fingerprint density at radius 2 is 1.90 bits per heavy atom. The van der Waals surface area contributed by atoms with Crippen LogP contribution in [0.2, 0.25) is 0 Å². The number of carbonyl (C=O) groups excluding carboxylic acids is 1. The first kappa shape index (κ1) is 15.0. The van der Waals surface area contributed by atoms with Crippen LogP contribution >= 0.6 is 0 Å². The highest BCUT2D eigenvalue weighted by atomic mass is 16.1. The Morgan fingerprint density at radius 1 is 1.14 bits per heavy atom. The van der Waals surface area contributed by atoms with Crippen LogP contribution in [0.1, 0.15) is 35.7 Å². The van der Waals surface area contributed by atoms with Crippen LogP contribution in [0.3, 0.4) is 0 Å². The third-order valence-corrected chi connectivity index (χ3v) is 2.78. The Bertz CT molecular complexity index is 652. The van der Waals surface area contributed by atoms with Gasteiger partial charge in [0.2, 0.25) is 0 Å². The van der Waals surface area contributed by atoms with Crippen molar-refractivity contribution in [2.75, 3.05) is 5.32 Å². The Hall–Kier alpha value is -2.43. The lowest BCUT2D eigenvalue weighted by molar-refractivity contribution is 0.0937. The quantitative estimate of drug-likeness (QED) is 0.905. The molecule has 0 radical (unpaired) electrons. The second kappa shape index (κ2) is 6.35. The summed E-state index contributed by atoms with van der Waals surface area (Å²) in [6.45, 7) is 7.63. The molecule has 0 aliphatic carbocycles. The first-order valence-corrected chi connectivity index (χ1v) is 6.94. The summed E-state index contributed by atoms with van der Waals surface area (Å²) in [5.41, 5.74) is 2.46. The number of hydrogen-bond donors (Lipinski definition) is 2. The molecule has 2 aromatic rings. The van der Waals surface area contributed by atoms with Crippen LogP contribution in [0.15, 0.2) is 30.3 Å². The lowest BCUT2D eigenvalue weighted by Gasteiger charge is -2.11. The molecule has 0 fully saturated rings. The zero-order valence-corrected chi connectivity index (χ0v) is 12.8. The monoisotopic (exact) mass is 284 g/mol. The van der Waals surface area contributed by atoms with Crippen LogP contribution in [0.25, 0.3) is 0 Å². The fourth-order valence-electron chi connectivity index (χ4n) is 1.95. The van der Waals surface area contributed by atoms with Gasteiger partial charge in [-0.3, -0.25) is 4.79 Å². The number of hydrogen-bond acceptors (Lipinski definition) is 4. The predicted octanol–water partition coefficient (Wildman–Crippen LogP) is 2.98. The molecule has 2 N–H and O–H groups in total. The second-order valence-corrected chi connectivity index (χ2v) is 5.31. The summed E-state index contributed by atoms with van der Waals surface area (Å²) in [5.74, 6) is 0.978. The predicted molar refractivity (Wildman–Crippen MR) is 83.8 cm³/mol. The van der Waals surface area contributed by atoms with Gasteiger partial charge in [-0.05, 0) is 45.4 Å². The van der Waals surface area contributed by atoms with Gasteiger partial charge in [-0.15, -0.1) is 0 Å². The fourth-order valence-corrected chi connectivity index (χ4v) is 1.95. The smallest absolute Gasteiger partial charge is 0.270 e. The van der Waals surface area contributed by atoms with Crippen LogP contribution in [-0.2, 0) is 0 Å². The van der Waals surface area contributed by atoms with Gasteiger partial charge in [0.1, 0.15) is 17.3 Å². The molecule has 0 aliphatic rings. The molecule has 21 heavy (non-hydrogen) atoms. The lowest BCUT2D eigenvalue weighted by Crippen LogP contribution is -2.31. The largest absolute Gasteiger partial charge is 0.349 e. The van der Waals surface area contributed by atoms with Crippen molar-refractivity contribution in [3.63, 3.8) is 0 Å². The highest BCUT2D eigenvalue weighted by molar-refractivity contribution is 5.93. The summed E-state index contributed by atoms with van der Waals surface area (Å²) in [6, 6.07) is 9.70. The van der Waals surface area contributed by atoms with Crippen LogP contribution < -0.4 is 10.6 Å². The van der Waals surface area contributed by atoms with Gasteiger partial charge in [-0.2, -0.15) is 0 Å². The number of nitrogens with zero attached hydrogens (tertiary/aromatic N) is 2. The Labute approximate surface area is 124 Å². The number of aromatic nitrogens is 2. The van der Waals surface area contributed by atoms with Crippen LogP contribution in [-0.4, -0.2) is 21.9 Å². The lowest BCUT2D eigenvalue weighted by atomic mass is 10.2. The molecular weight excluding hydrogens is 264 g/mol. The van der Waals surface area contributed by atoms with Gasteiger partial charge in [0.05, 0.1) is 0 Å². The molecule has 0 saturated carbocycles. The minimum absolute atomic E-state index is 0.0703. The van der Waals surface area contributed by atoms with Gasteiger partial charge in [0.15, 0.2) is 0 Å². The molecule has 0 bridgehead atoms. The zero-order valence-electron chi connectivity index (χ0n) is 12.8. The number of aryl methyl sites for hydroxylation is 2. The Morgan fingerprint density at radius 3 is 2.57 bits per heavy atom. The molecule has 5 nitrogen and oxygen atoms in total. The SMILES string of the molecule is Cc1cccc(Nc2cc(C(=O)NC(C)C)nc(C)n2)c1. The van der Waals surface area contributed by atoms with E-state index in [0.29, 0.717) is 17.3 Å². The highest BCUT2D eigenvalue weighted by Gasteiger charge is 2.11. The maximum atomic E-state index is 12.0. The zero-order chi connectivity index (χ0) is 15.4. The molecule has 0 unspecified atom stereocenters. The van der Waals surface area contributed by atoms with Gasteiger partial charge >= 0.3 is 0 Å². The molecule has 2 rings (SSSR count). The molecular formula is C16H20N4O. The molecule has 110 valence electrons. The number of benzene rings is 1. The van der Waals surface area contributed by atoms with E-state index >= 15 is 0 Å². The van der Waals surface area contributed by atoms with Crippen molar-refractivity contribution in [2.24, 2.45) is 0 Å². The summed E-state index contributed by atoms with van der Waals surface area (Å²) in [5, 5.41) is 6.03. The number of carbonyl (C=O) groups is 1. The van der Waals surface area contributed by atoms with Crippen molar-refractivity contribution in [1.29, 1.82) is 0 Å². The molecule has 5 heteroatoms. The molecule has 1 amide bonds. The number of amides is 1. The average molecular weight is 284 g/mol. The van der Waals surface area contributed by atoms with E-state index in [-0.39, 0.29) is 11.9 Å². The molecule has 0 aliphatic heterocycles. The summed E-state index contributed by atoms with van der Waals surface area (Å²) >= 11 is 0. The van der Waals surface area contributed by atoms with Gasteiger partial charge in [0, 0.05) is 17.8 Å². The normalized spacial score (nSPS) is 10.5. The first-order chi connectivity index (χ1) is 9.94. The number of nitrogens with one attached hydrogen (secondary N) is 2. The van der Waals surface area contributed by atoms with E-state index in [9.17, 15) is 4.79 Å². The van der Waals surface area contributed by atoms with Crippen LogP contribution in [0.4, 0.5) is 11.5 Å². The first-order valence-electron chi connectivity index (χ1n) is 6.94. The van der Waals surface area contributed by atoms with E-state index < -0.39 is 0 Å². The van der Waals surface area contributed by atoms with Crippen LogP contribution in [0.5, 0.6) is 0 Å². The van der Waals surface area contributed by atoms with Crippen molar-refractivity contribution in [1.82, 2.24) is 15.3 Å². The summed E-state index contributed by atoms with van der Waals surface area (Å²) < 4.78 is 0. The maximum absolute atomic E-state index is 12.0. The Balaban J connectivity index is 2.24. The van der Waals surface area contributed by atoms with Crippen molar-refractivity contribution in [3.05, 3.63) is 47.4 Å². The maximum Gasteiger partial charge on any atom is 0.270 e. The molecule has 0 spiro atoms. The summed E-state index contributed by atoms with van der Waals surface area (Å²) in [7, 11) is 0. The minimum Gasteiger partial charge on any atom is -0.349 e. The van der Waals surface area contributed by atoms with E-state index in [2.05, 4.69) is 20.6 Å². The third-order valence-electron chi connectivity index (χ3n) is 2.78. The third kappa shape index (κ3) is 4.27. The Kier molecular flexibility index (Phi) is 4.52. The van der Waals surface area contributed by atoms with Gasteiger partial charge in [-0.25, -0.2) is 9.97 Å². The summed E-state index contributed by atoms with van der Waals surface area (Å²) in [6.07, 6.45) is 0. The van der Waals surface area contributed by atoms with E-state index in [1.165, 1.54) is 0 Å². The molecule has 0 atom stereocenters. The van der Waals surface area contributed by atoms with Crippen molar-refractivity contribution in [3.8, 4) is 0 Å². The number of anilines is 2.